The minimum atomic E-state index is 0.0470. The highest BCUT2D eigenvalue weighted by molar-refractivity contribution is 5.95. The van der Waals surface area contributed by atoms with E-state index in [-0.39, 0.29) is 11.9 Å². The van der Waals surface area contributed by atoms with Crippen molar-refractivity contribution in [3.05, 3.63) is 35.2 Å². The molecule has 0 saturated heterocycles. The topological polar surface area (TPSA) is 75.6 Å². The maximum Gasteiger partial charge on any atom is 0.253 e. The third kappa shape index (κ3) is 2.64. The van der Waals surface area contributed by atoms with Gasteiger partial charge in [0.1, 0.15) is 11.6 Å². The molecule has 2 aromatic rings. The van der Waals surface area contributed by atoms with Gasteiger partial charge in [0.05, 0.1) is 5.56 Å². The third-order valence-electron chi connectivity index (χ3n) is 5.36. The van der Waals surface area contributed by atoms with Crippen LogP contribution >= 0.6 is 0 Å². The molecule has 1 unspecified atom stereocenters. The van der Waals surface area contributed by atoms with E-state index in [4.69, 9.17) is 0 Å². The fourth-order valence-electron chi connectivity index (χ4n) is 3.77. The van der Waals surface area contributed by atoms with Crippen LogP contribution in [0.25, 0.3) is 0 Å². The number of carbonyl (C=O) groups is 1. The molecule has 128 valence electrons. The van der Waals surface area contributed by atoms with Crippen LogP contribution in [0.15, 0.2) is 12.3 Å². The Morgan fingerprint density at radius 3 is 2.88 bits per heavy atom. The highest BCUT2D eigenvalue weighted by atomic mass is 16.1. The lowest BCUT2D eigenvalue weighted by Gasteiger charge is -2.28. The van der Waals surface area contributed by atoms with E-state index in [1.807, 2.05) is 12.3 Å². The predicted molar refractivity (Wildman–Crippen MR) is 91.1 cm³/mol. The van der Waals surface area contributed by atoms with E-state index in [2.05, 4.69) is 38.9 Å². The van der Waals surface area contributed by atoms with Gasteiger partial charge in [-0.15, -0.1) is 10.2 Å². The van der Waals surface area contributed by atoms with Crippen molar-refractivity contribution in [3.8, 4) is 0 Å². The molecular formula is C18H25N5O. The average Bonchev–Trinajstić information content (AvgIpc) is 3.11. The Morgan fingerprint density at radius 2 is 2.17 bits per heavy atom. The number of aromatic nitrogens is 4. The van der Waals surface area contributed by atoms with Gasteiger partial charge < -0.3 is 14.9 Å². The zero-order valence-electron chi connectivity index (χ0n) is 14.4. The number of nitrogens with zero attached hydrogens (tertiary/aromatic N) is 3. The van der Waals surface area contributed by atoms with Crippen molar-refractivity contribution in [1.29, 1.82) is 0 Å². The van der Waals surface area contributed by atoms with Gasteiger partial charge in [-0.3, -0.25) is 4.79 Å². The molecule has 1 aliphatic carbocycles. The quantitative estimate of drug-likeness (QED) is 0.906. The standard InChI is InChI=1S/C18H25N5O/c1-11(2)17-22-21-15-7-6-13(10-23(15)17)20-18(24)14-8-9-19-16(14)12-4-3-5-12/h8-9,11-13,19H,3-7,10H2,1-2H3,(H,20,24). The summed E-state index contributed by atoms with van der Waals surface area (Å²) >= 11 is 0. The number of nitrogens with one attached hydrogen (secondary N) is 2. The summed E-state index contributed by atoms with van der Waals surface area (Å²) in [7, 11) is 0. The SMILES string of the molecule is CC(C)c1nnc2n1CC(NC(=O)c1cc[nH]c1C1CCC1)CC2. The van der Waals surface area contributed by atoms with Crippen LogP contribution in [0.4, 0.5) is 0 Å². The molecule has 0 aromatic carbocycles. The molecule has 0 radical (unpaired) electrons. The fraction of sp³-hybridized carbons (Fsp3) is 0.611. The van der Waals surface area contributed by atoms with Crippen molar-refractivity contribution in [1.82, 2.24) is 25.1 Å². The lowest BCUT2D eigenvalue weighted by molar-refractivity contribution is 0.0925. The van der Waals surface area contributed by atoms with Crippen LogP contribution < -0.4 is 5.32 Å². The van der Waals surface area contributed by atoms with Gasteiger partial charge >= 0.3 is 0 Å². The summed E-state index contributed by atoms with van der Waals surface area (Å²) in [6.07, 6.45) is 7.32. The minimum Gasteiger partial charge on any atom is -0.364 e. The van der Waals surface area contributed by atoms with E-state index < -0.39 is 0 Å². The molecule has 1 amide bonds. The highest BCUT2D eigenvalue weighted by Crippen LogP contribution is 2.37. The fourth-order valence-corrected chi connectivity index (χ4v) is 3.77. The molecule has 2 aromatic heterocycles. The van der Waals surface area contributed by atoms with E-state index in [0.717, 1.165) is 42.3 Å². The summed E-state index contributed by atoms with van der Waals surface area (Å²) in [5, 5.41) is 11.8. The van der Waals surface area contributed by atoms with Crippen molar-refractivity contribution in [3.63, 3.8) is 0 Å². The Bertz CT molecular complexity index is 740. The Hall–Kier alpha value is -2.11. The molecule has 4 rings (SSSR count). The van der Waals surface area contributed by atoms with Crippen molar-refractivity contribution in [2.45, 2.75) is 70.4 Å². The van der Waals surface area contributed by atoms with E-state index >= 15 is 0 Å². The van der Waals surface area contributed by atoms with Gasteiger partial charge in [0, 0.05) is 36.8 Å². The van der Waals surface area contributed by atoms with E-state index in [9.17, 15) is 4.79 Å². The second-order valence-corrected chi connectivity index (χ2v) is 7.38. The zero-order valence-corrected chi connectivity index (χ0v) is 14.4. The maximum absolute atomic E-state index is 12.7. The number of hydrogen-bond acceptors (Lipinski definition) is 3. The number of rotatable bonds is 4. The van der Waals surface area contributed by atoms with Crippen LogP contribution in [-0.4, -0.2) is 31.7 Å². The molecule has 1 saturated carbocycles. The summed E-state index contributed by atoms with van der Waals surface area (Å²) in [4.78, 5) is 16.0. The smallest absolute Gasteiger partial charge is 0.253 e. The highest BCUT2D eigenvalue weighted by Gasteiger charge is 2.28. The number of amides is 1. The van der Waals surface area contributed by atoms with E-state index in [1.54, 1.807) is 0 Å². The molecule has 2 N–H and O–H groups in total. The molecule has 0 spiro atoms. The summed E-state index contributed by atoms with van der Waals surface area (Å²) in [5.74, 6) is 2.98. The molecule has 1 atom stereocenters. The summed E-state index contributed by atoms with van der Waals surface area (Å²) < 4.78 is 2.18. The van der Waals surface area contributed by atoms with Crippen LogP contribution in [0.5, 0.6) is 0 Å². The second kappa shape index (κ2) is 6.07. The Morgan fingerprint density at radius 1 is 1.33 bits per heavy atom. The van der Waals surface area contributed by atoms with Gasteiger partial charge in [-0.2, -0.15) is 0 Å². The summed E-state index contributed by atoms with van der Waals surface area (Å²) in [6, 6.07) is 2.05. The van der Waals surface area contributed by atoms with Crippen molar-refractivity contribution in [2.24, 2.45) is 0 Å². The maximum atomic E-state index is 12.7. The number of aromatic amines is 1. The van der Waals surface area contributed by atoms with Gasteiger partial charge in [0.15, 0.2) is 0 Å². The van der Waals surface area contributed by atoms with Gasteiger partial charge in [-0.05, 0) is 31.2 Å². The number of hydrogen-bond donors (Lipinski definition) is 2. The molecular weight excluding hydrogens is 302 g/mol. The molecule has 24 heavy (non-hydrogen) atoms. The van der Waals surface area contributed by atoms with E-state index in [1.165, 1.54) is 19.3 Å². The first-order valence-corrected chi connectivity index (χ1v) is 9.03. The lowest BCUT2D eigenvalue weighted by Crippen LogP contribution is -2.41. The van der Waals surface area contributed by atoms with Gasteiger partial charge in [-0.25, -0.2) is 0 Å². The van der Waals surface area contributed by atoms with Crippen molar-refractivity contribution in [2.75, 3.05) is 0 Å². The van der Waals surface area contributed by atoms with E-state index in [0.29, 0.717) is 11.8 Å². The number of H-pyrrole nitrogens is 1. The van der Waals surface area contributed by atoms with Crippen LogP contribution in [0, 0.1) is 0 Å². The Kier molecular flexibility index (Phi) is 3.90. The van der Waals surface area contributed by atoms with Crippen LogP contribution in [-0.2, 0) is 13.0 Å². The van der Waals surface area contributed by atoms with Crippen LogP contribution in [0.3, 0.4) is 0 Å². The molecule has 1 aliphatic heterocycles. The Balaban J connectivity index is 1.47. The molecule has 0 bridgehead atoms. The van der Waals surface area contributed by atoms with Crippen molar-refractivity contribution >= 4 is 5.91 Å². The molecule has 2 aliphatic rings. The predicted octanol–water partition coefficient (Wildman–Crippen LogP) is 2.74. The first kappa shape index (κ1) is 15.4. The Labute approximate surface area is 142 Å². The molecule has 3 heterocycles. The first-order chi connectivity index (χ1) is 11.6. The van der Waals surface area contributed by atoms with Gasteiger partial charge in [0.2, 0.25) is 0 Å². The average molecular weight is 327 g/mol. The zero-order chi connectivity index (χ0) is 16.7. The summed E-state index contributed by atoms with van der Waals surface area (Å²) in [6.45, 7) is 5.03. The largest absolute Gasteiger partial charge is 0.364 e. The lowest BCUT2D eigenvalue weighted by atomic mass is 9.81. The van der Waals surface area contributed by atoms with Crippen LogP contribution in [0.2, 0.25) is 0 Å². The minimum absolute atomic E-state index is 0.0470. The van der Waals surface area contributed by atoms with Gasteiger partial charge in [-0.1, -0.05) is 20.3 Å². The monoisotopic (exact) mass is 327 g/mol. The van der Waals surface area contributed by atoms with Crippen molar-refractivity contribution < 1.29 is 4.79 Å². The number of fused-ring (bicyclic) bond motifs is 1. The number of carbonyl (C=O) groups excluding carboxylic acids is 1. The molecule has 1 fully saturated rings. The third-order valence-corrected chi connectivity index (χ3v) is 5.36. The van der Waals surface area contributed by atoms with Crippen LogP contribution in [0.1, 0.15) is 79.1 Å². The summed E-state index contributed by atoms with van der Waals surface area (Å²) in [5.41, 5.74) is 1.93. The first-order valence-electron chi connectivity index (χ1n) is 9.03. The molecule has 6 heteroatoms. The second-order valence-electron chi connectivity index (χ2n) is 7.38. The number of aryl methyl sites for hydroxylation is 1. The van der Waals surface area contributed by atoms with Gasteiger partial charge in [0.25, 0.3) is 5.91 Å². The molecule has 6 nitrogen and oxygen atoms in total. The normalized spacial score (nSPS) is 20.7.